The molecule has 4 amide bonds. The molecule has 0 spiro atoms. The maximum atomic E-state index is 13.2. The fourth-order valence-corrected chi connectivity index (χ4v) is 5.45. The number of carbonyl (C=O) groups is 4. The molecule has 0 unspecified atom stereocenters. The maximum absolute atomic E-state index is 13.2. The van der Waals surface area contributed by atoms with E-state index in [4.69, 9.17) is 4.74 Å². The lowest BCUT2D eigenvalue weighted by Crippen LogP contribution is -2.57. The molecule has 0 bridgehead atoms. The van der Waals surface area contributed by atoms with E-state index in [9.17, 15) is 27.6 Å². The molecule has 1 aliphatic heterocycles. The van der Waals surface area contributed by atoms with Gasteiger partial charge in [0.25, 0.3) is 5.91 Å². The van der Waals surface area contributed by atoms with E-state index in [2.05, 4.69) is 15.4 Å². The van der Waals surface area contributed by atoms with Gasteiger partial charge in [0.05, 0.1) is 5.25 Å². The highest BCUT2D eigenvalue weighted by molar-refractivity contribution is 7.91. The van der Waals surface area contributed by atoms with Crippen molar-refractivity contribution >= 4 is 33.8 Å². The number of sulfonamides is 1. The van der Waals surface area contributed by atoms with Crippen LogP contribution in [0.15, 0.2) is 0 Å². The normalized spacial score (nSPS) is 24.1. The van der Waals surface area contributed by atoms with Crippen LogP contribution < -0.4 is 15.4 Å². The molecule has 3 rings (SSSR count). The zero-order valence-electron chi connectivity index (χ0n) is 20.7. The Hall–Kier alpha value is -2.37. The summed E-state index contributed by atoms with van der Waals surface area (Å²) < 4.78 is 31.6. The van der Waals surface area contributed by atoms with E-state index < -0.39 is 62.3 Å². The molecule has 0 radical (unpaired) electrons. The van der Waals surface area contributed by atoms with E-state index >= 15 is 0 Å². The molecule has 2 atom stereocenters. The second kappa shape index (κ2) is 8.69. The summed E-state index contributed by atoms with van der Waals surface area (Å²) in [5, 5.41) is 4.66. The monoisotopic (exact) mass is 500 g/mol. The second-order valence-corrected chi connectivity index (χ2v) is 13.4. The van der Waals surface area contributed by atoms with Crippen molar-refractivity contribution in [2.45, 2.75) is 102 Å². The molecule has 2 saturated carbocycles. The number of rotatable bonds is 7. The van der Waals surface area contributed by atoms with Gasteiger partial charge in [-0.3, -0.25) is 19.1 Å². The number of alkyl carbamates (subject to hydrolysis) is 1. The number of nitrogens with one attached hydrogen (secondary N) is 3. The van der Waals surface area contributed by atoms with Crippen molar-refractivity contribution in [3.05, 3.63) is 0 Å². The highest BCUT2D eigenvalue weighted by Gasteiger charge is 2.55. The van der Waals surface area contributed by atoms with Gasteiger partial charge >= 0.3 is 6.09 Å². The minimum Gasteiger partial charge on any atom is -0.444 e. The van der Waals surface area contributed by atoms with Crippen LogP contribution in [-0.2, 0) is 29.1 Å². The van der Waals surface area contributed by atoms with E-state index in [1.54, 1.807) is 20.8 Å². The molecule has 3 N–H and O–H groups in total. The van der Waals surface area contributed by atoms with Crippen LogP contribution in [0.2, 0.25) is 0 Å². The lowest BCUT2D eigenvalue weighted by atomic mass is 9.90. The first-order chi connectivity index (χ1) is 15.4. The first-order valence-corrected chi connectivity index (χ1v) is 13.2. The van der Waals surface area contributed by atoms with Crippen molar-refractivity contribution in [1.82, 2.24) is 20.3 Å². The van der Waals surface area contributed by atoms with Gasteiger partial charge in [0.2, 0.25) is 21.8 Å². The Labute approximate surface area is 200 Å². The standard InChI is InChI=1S/C22H36N4O7S/c1-13(23-19(30)33-20(2,3)4)17(28)26-12-21(5,6)11-15(26)16(27)24-22(9-10-22)18(29)25-34(31,32)14-7-8-14/h13-15H,7-12H2,1-6H3,(H,23,30)(H,24,27)(H,25,29)/t13-,15-/m0/s1. The summed E-state index contributed by atoms with van der Waals surface area (Å²) in [5.41, 5.74) is -2.37. The summed E-state index contributed by atoms with van der Waals surface area (Å²) in [5.74, 6) is -1.69. The van der Waals surface area contributed by atoms with Gasteiger partial charge in [-0.15, -0.1) is 0 Å². The second-order valence-electron chi connectivity index (χ2n) is 11.5. The first-order valence-electron chi connectivity index (χ1n) is 11.6. The Bertz CT molecular complexity index is 978. The van der Waals surface area contributed by atoms with Gasteiger partial charge in [0.15, 0.2) is 0 Å². The Morgan fingerprint density at radius 1 is 1.09 bits per heavy atom. The lowest BCUT2D eigenvalue weighted by Gasteiger charge is -2.29. The largest absolute Gasteiger partial charge is 0.444 e. The molecule has 0 aromatic rings. The van der Waals surface area contributed by atoms with Crippen LogP contribution >= 0.6 is 0 Å². The fraction of sp³-hybridized carbons (Fsp3) is 0.818. The molecular formula is C22H36N4O7S. The number of hydrogen-bond donors (Lipinski definition) is 3. The smallest absolute Gasteiger partial charge is 0.408 e. The van der Waals surface area contributed by atoms with Crippen LogP contribution in [0.3, 0.4) is 0 Å². The Kier molecular flexibility index (Phi) is 6.71. The van der Waals surface area contributed by atoms with Gasteiger partial charge < -0.3 is 20.3 Å². The van der Waals surface area contributed by atoms with Crippen LogP contribution in [0.25, 0.3) is 0 Å². The molecule has 1 saturated heterocycles. The fourth-order valence-electron chi connectivity index (χ4n) is 4.07. The Morgan fingerprint density at radius 3 is 2.18 bits per heavy atom. The molecule has 3 aliphatic rings. The molecule has 34 heavy (non-hydrogen) atoms. The third-order valence-corrected chi connectivity index (χ3v) is 7.97. The highest BCUT2D eigenvalue weighted by Crippen LogP contribution is 2.39. The topological polar surface area (TPSA) is 151 Å². The van der Waals surface area contributed by atoms with Crippen molar-refractivity contribution < 1.29 is 32.3 Å². The molecule has 192 valence electrons. The predicted molar refractivity (Wildman–Crippen MR) is 123 cm³/mol. The first kappa shape index (κ1) is 26.2. The molecule has 3 fully saturated rings. The zero-order chi connectivity index (χ0) is 25.7. The van der Waals surface area contributed by atoms with Gasteiger partial charge in [-0.2, -0.15) is 0 Å². The molecule has 1 heterocycles. The highest BCUT2D eigenvalue weighted by atomic mass is 32.2. The quantitative estimate of drug-likeness (QED) is 0.467. The van der Waals surface area contributed by atoms with Crippen molar-refractivity contribution in [2.24, 2.45) is 5.41 Å². The number of hydrogen-bond acceptors (Lipinski definition) is 7. The average Bonchev–Trinajstić information content (AvgIpc) is 3.56. The van der Waals surface area contributed by atoms with Gasteiger partial charge in [-0.1, -0.05) is 13.8 Å². The van der Waals surface area contributed by atoms with Crippen LogP contribution in [0.1, 0.15) is 73.6 Å². The Morgan fingerprint density at radius 2 is 1.68 bits per heavy atom. The molecular weight excluding hydrogens is 464 g/mol. The third kappa shape index (κ3) is 6.19. The van der Waals surface area contributed by atoms with Crippen LogP contribution in [0.4, 0.5) is 4.79 Å². The Balaban J connectivity index is 1.66. The average molecular weight is 501 g/mol. The van der Waals surface area contributed by atoms with Gasteiger partial charge in [0, 0.05) is 6.54 Å². The molecule has 12 heteroatoms. The number of amides is 4. The summed E-state index contributed by atoms with van der Waals surface area (Å²) in [6.07, 6.45) is 1.31. The molecule has 11 nitrogen and oxygen atoms in total. The number of likely N-dealkylation sites (tertiary alicyclic amines) is 1. The van der Waals surface area contributed by atoms with Crippen LogP contribution in [0, 0.1) is 5.41 Å². The zero-order valence-corrected chi connectivity index (χ0v) is 21.5. The summed E-state index contributed by atoms with van der Waals surface area (Å²) in [7, 11) is -3.73. The van der Waals surface area contributed by atoms with Crippen LogP contribution in [-0.4, -0.2) is 72.2 Å². The van der Waals surface area contributed by atoms with E-state index in [1.165, 1.54) is 11.8 Å². The van der Waals surface area contributed by atoms with E-state index in [1.807, 2.05) is 13.8 Å². The minimum absolute atomic E-state index is 0.291. The van der Waals surface area contributed by atoms with E-state index in [-0.39, 0.29) is 5.41 Å². The van der Waals surface area contributed by atoms with Crippen molar-refractivity contribution in [1.29, 1.82) is 0 Å². The summed E-state index contributed by atoms with van der Waals surface area (Å²) >= 11 is 0. The summed E-state index contributed by atoms with van der Waals surface area (Å²) in [6, 6.07) is -1.78. The van der Waals surface area contributed by atoms with Gasteiger partial charge in [0.1, 0.15) is 23.2 Å². The number of nitrogens with zero attached hydrogens (tertiary/aromatic N) is 1. The SMILES string of the molecule is C[C@H](NC(=O)OC(C)(C)C)C(=O)N1CC(C)(C)C[C@H]1C(=O)NC1(C(=O)NS(=O)(=O)C2CC2)CC1. The number of ether oxygens (including phenoxy) is 1. The molecule has 2 aliphatic carbocycles. The van der Waals surface area contributed by atoms with E-state index in [0.717, 1.165) is 0 Å². The van der Waals surface area contributed by atoms with Gasteiger partial charge in [-0.05, 0) is 65.2 Å². The lowest BCUT2D eigenvalue weighted by molar-refractivity contribution is -0.140. The predicted octanol–water partition coefficient (Wildman–Crippen LogP) is 0.784. The number of carbonyl (C=O) groups excluding carboxylic acids is 4. The van der Waals surface area contributed by atoms with Crippen molar-refractivity contribution in [3.63, 3.8) is 0 Å². The van der Waals surface area contributed by atoms with E-state index in [0.29, 0.717) is 38.6 Å². The van der Waals surface area contributed by atoms with Gasteiger partial charge in [-0.25, -0.2) is 13.2 Å². The maximum Gasteiger partial charge on any atom is 0.408 e. The van der Waals surface area contributed by atoms with Crippen molar-refractivity contribution in [3.8, 4) is 0 Å². The minimum atomic E-state index is -3.73. The summed E-state index contributed by atoms with van der Waals surface area (Å²) in [6.45, 7) is 10.8. The third-order valence-electron chi connectivity index (χ3n) is 6.16. The molecule has 0 aromatic carbocycles. The van der Waals surface area contributed by atoms with Crippen molar-refractivity contribution in [2.75, 3.05) is 6.54 Å². The molecule has 0 aromatic heterocycles. The summed E-state index contributed by atoms with van der Waals surface area (Å²) in [4.78, 5) is 52.5. The van der Waals surface area contributed by atoms with Crippen LogP contribution in [0.5, 0.6) is 0 Å².